The first-order valence-electron chi connectivity index (χ1n) is 11.2. The second-order valence-electron chi connectivity index (χ2n) is 8.45. The van der Waals surface area contributed by atoms with E-state index in [4.69, 9.17) is 11.6 Å². The quantitative estimate of drug-likeness (QED) is 0.480. The van der Waals surface area contributed by atoms with Gasteiger partial charge in [-0.05, 0) is 55.0 Å². The fourth-order valence-electron chi connectivity index (χ4n) is 4.23. The van der Waals surface area contributed by atoms with E-state index in [0.717, 1.165) is 34.8 Å². The van der Waals surface area contributed by atoms with Crippen LogP contribution in [0.15, 0.2) is 76.5 Å². The highest BCUT2D eigenvalue weighted by Crippen LogP contribution is 2.39. The normalized spacial score (nSPS) is 16.9. The van der Waals surface area contributed by atoms with Crippen molar-refractivity contribution in [3.8, 4) is 0 Å². The zero-order valence-corrected chi connectivity index (χ0v) is 20.3. The fraction of sp³-hybridized carbons (Fsp3) is 0.185. The van der Waals surface area contributed by atoms with Gasteiger partial charge in [-0.25, -0.2) is 0 Å². The van der Waals surface area contributed by atoms with Gasteiger partial charge in [0.25, 0.3) is 11.8 Å². The second-order valence-corrected chi connectivity index (χ2v) is 9.97. The monoisotopic (exact) mass is 489 g/mol. The van der Waals surface area contributed by atoms with Gasteiger partial charge in [-0.2, -0.15) is 0 Å². The average molecular weight is 490 g/mol. The van der Waals surface area contributed by atoms with Crippen molar-refractivity contribution in [2.75, 3.05) is 36.4 Å². The molecule has 5 rings (SSSR count). The first kappa shape index (κ1) is 22.6. The Hall–Kier alpha value is -3.22. The van der Waals surface area contributed by atoms with Crippen molar-refractivity contribution in [2.24, 2.45) is 0 Å². The molecule has 0 aliphatic carbocycles. The van der Waals surface area contributed by atoms with Crippen molar-refractivity contribution in [3.63, 3.8) is 0 Å². The predicted molar refractivity (Wildman–Crippen MR) is 140 cm³/mol. The van der Waals surface area contributed by atoms with Gasteiger partial charge in [-0.3, -0.25) is 9.59 Å². The molecule has 0 atom stereocenters. The number of piperazine rings is 1. The number of anilines is 2. The summed E-state index contributed by atoms with van der Waals surface area (Å²) in [4.78, 5) is 31.5. The number of fused-ring (bicyclic) bond motifs is 1. The number of thioether (sulfide) groups is 1. The van der Waals surface area contributed by atoms with Gasteiger partial charge in [0.1, 0.15) is 0 Å². The number of carbonyl (C=O) groups is 2. The molecule has 7 heteroatoms. The lowest BCUT2D eigenvalue weighted by Gasteiger charge is -2.36. The molecule has 0 radical (unpaired) electrons. The van der Waals surface area contributed by atoms with Gasteiger partial charge in [0.2, 0.25) is 0 Å². The summed E-state index contributed by atoms with van der Waals surface area (Å²) in [6.07, 6.45) is 1.90. The van der Waals surface area contributed by atoms with Gasteiger partial charge in [-0.1, -0.05) is 59.3 Å². The van der Waals surface area contributed by atoms with Gasteiger partial charge in [0.05, 0.1) is 10.6 Å². The molecule has 0 saturated carbocycles. The Morgan fingerprint density at radius 1 is 1.00 bits per heavy atom. The van der Waals surface area contributed by atoms with Crippen LogP contribution in [0.4, 0.5) is 11.4 Å². The first-order valence-corrected chi connectivity index (χ1v) is 12.4. The summed E-state index contributed by atoms with van der Waals surface area (Å²) >= 11 is 7.55. The van der Waals surface area contributed by atoms with E-state index in [9.17, 15) is 9.59 Å². The van der Waals surface area contributed by atoms with Crippen LogP contribution < -0.4 is 10.2 Å². The van der Waals surface area contributed by atoms with E-state index in [-0.39, 0.29) is 11.8 Å². The van der Waals surface area contributed by atoms with Crippen LogP contribution >= 0.6 is 23.4 Å². The number of aryl methyl sites for hydroxylation is 1. The van der Waals surface area contributed by atoms with E-state index in [0.29, 0.717) is 34.3 Å². The molecule has 3 aromatic rings. The summed E-state index contributed by atoms with van der Waals surface area (Å²) < 4.78 is 0. The maximum atomic E-state index is 13.2. The topological polar surface area (TPSA) is 52.7 Å². The molecule has 34 heavy (non-hydrogen) atoms. The molecule has 2 aliphatic rings. The van der Waals surface area contributed by atoms with Gasteiger partial charge >= 0.3 is 0 Å². The average Bonchev–Trinajstić information content (AvgIpc) is 2.84. The standard InChI is InChI=1S/C27H24ClN3O2S/c1-18-4-2-5-19(14-18)15-25-26(32)29-23-16-20(8-9-24(23)34-25)27(33)31-12-10-30(11-13-31)22-7-3-6-21(28)17-22/h2-9,14-17H,10-13H2,1H3,(H,29,32). The van der Waals surface area contributed by atoms with Crippen LogP contribution in [0.25, 0.3) is 6.08 Å². The maximum Gasteiger partial charge on any atom is 0.262 e. The molecule has 2 aliphatic heterocycles. The van der Waals surface area contributed by atoms with E-state index < -0.39 is 0 Å². The summed E-state index contributed by atoms with van der Waals surface area (Å²) in [6, 6.07) is 21.4. The third kappa shape index (κ3) is 4.83. The number of nitrogens with one attached hydrogen (secondary N) is 1. The van der Waals surface area contributed by atoms with Crippen LogP contribution in [-0.4, -0.2) is 42.9 Å². The lowest BCUT2D eigenvalue weighted by molar-refractivity contribution is -0.112. The van der Waals surface area contributed by atoms with Crippen LogP contribution in [0.1, 0.15) is 21.5 Å². The SMILES string of the molecule is Cc1cccc(C=C2Sc3ccc(C(=O)N4CCN(c5cccc(Cl)c5)CC4)cc3NC2=O)c1. The Morgan fingerprint density at radius 2 is 1.79 bits per heavy atom. The Morgan fingerprint density at radius 3 is 2.56 bits per heavy atom. The summed E-state index contributed by atoms with van der Waals surface area (Å²) in [5.74, 6) is -0.173. The Balaban J connectivity index is 1.27. The molecule has 3 aromatic carbocycles. The molecule has 2 heterocycles. The molecule has 0 unspecified atom stereocenters. The van der Waals surface area contributed by atoms with Crippen molar-refractivity contribution in [3.05, 3.63) is 93.3 Å². The minimum atomic E-state index is -0.154. The van der Waals surface area contributed by atoms with Crippen molar-refractivity contribution in [1.29, 1.82) is 0 Å². The van der Waals surface area contributed by atoms with Gasteiger partial charge in [0, 0.05) is 47.3 Å². The molecular weight excluding hydrogens is 466 g/mol. The number of halogens is 1. The number of carbonyl (C=O) groups excluding carboxylic acids is 2. The Bertz CT molecular complexity index is 1300. The zero-order chi connectivity index (χ0) is 23.7. The summed E-state index contributed by atoms with van der Waals surface area (Å²) in [7, 11) is 0. The molecule has 1 saturated heterocycles. The van der Waals surface area contributed by atoms with E-state index in [1.165, 1.54) is 11.8 Å². The van der Waals surface area contributed by atoms with Crippen molar-refractivity contribution in [1.82, 2.24) is 4.90 Å². The molecule has 0 bridgehead atoms. The smallest absolute Gasteiger partial charge is 0.262 e. The fourth-order valence-corrected chi connectivity index (χ4v) is 5.34. The van der Waals surface area contributed by atoms with E-state index >= 15 is 0 Å². The predicted octanol–water partition coefficient (Wildman–Crippen LogP) is 5.70. The van der Waals surface area contributed by atoms with E-state index in [1.54, 1.807) is 6.07 Å². The largest absolute Gasteiger partial charge is 0.368 e. The number of hydrogen-bond donors (Lipinski definition) is 1. The van der Waals surface area contributed by atoms with Crippen molar-refractivity contribution >= 4 is 52.6 Å². The van der Waals surface area contributed by atoms with Gasteiger partial charge < -0.3 is 15.1 Å². The van der Waals surface area contributed by atoms with E-state index in [1.807, 2.05) is 78.6 Å². The van der Waals surface area contributed by atoms with Crippen LogP contribution in [0.3, 0.4) is 0 Å². The van der Waals surface area contributed by atoms with Crippen LogP contribution in [0.2, 0.25) is 5.02 Å². The minimum Gasteiger partial charge on any atom is -0.368 e. The Kier molecular flexibility index (Phi) is 6.35. The van der Waals surface area contributed by atoms with E-state index in [2.05, 4.69) is 10.2 Å². The summed E-state index contributed by atoms with van der Waals surface area (Å²) in [5.41, 5.74) is 4.47. The Labute approximate surface area is 208 Å². The summed E-state index contributed by atoms with van der Waals surface area (Å²) in [5, 5.41) is 3.67. The molecule has 0 aromatic heterocycles. The highest BCUT2D eigenvalue weighted by Gasteiger charge is 2.26. The second kappa shape index (κ2) is 9.57. The molecule has 0 spiro atoms. The highest BCUT2D eigenvalue weighted by molar-refractivity contribution is 8.04. The van der Waals surface area contributed by atoms with Crippen LogP contribution in [0.5, 0.6) is 0 Å². The number of nitrogens with zero attached hydrogens (tertiary/aromatic N) is 2. The lowest BCUT2D eigenvalue weighted by Crippen LogP contribution is -2.48. The van der Waals surface area contributed by atoms with Gasteiger partial charge in [0.15, 0.2) is 0 Å². The molecule has 172 valence electrons. The molecule has 5 nitrogen and oxygen atoms in total. The summed E-state index contributed by atoms with van der Waals surface area (Å²) in [6.45, 7) is 4.79. The van der Waals surface area contributed by atoms with Crippen LogP contribution in [-0.2, 0) is 4.79 Å². The highest BCUT2D eigenvalue weighted by atomic mass is 35.5. The third-order valence-corrected chi connectivity index (χ3v) is 7.33. The molecule has 1 N–H and O–H groups in total. The number of amides is 2. The molecule has 1 fully saturated rings. The maximum absolute atomic E-state index is 13.2. The number of rotatable bonds is 3. The van der Waals surface area contributed by atoms with Gasteiger partial charge in [-0.15, -0.1) is 0 Å². The van der Waals surface area contributed by atoms with Crippen LogP contribution in [0, 0.1) is 6.92 Å². The zero-order valence-electron chi connectivity index (χ0n) is 18.8. The molecular formula is C27H24ClN3O2S. The van der Waals surface area contributed by atoms with Crippen molar-refractivity contribution < 1.29 is 9.59 Å². The third-order valence-electron chi connectivity index (χ3n) is 6.00. The first-order chi connectivity index (χ1) is 16.5. The number of hydrogen-bond acceptors (Lipinski definition) is 4. The lowest BCUT2D eigenvalue weighted by atomic mass is 10.1. The number of benzene rings is 3. The molecule has 2 amide bonds. The van der Waals surface area contributed by atoms with Crippen molar-refractivity contribution in [2.45, 2.75) is 11.8 Å². The minimum absolute atomic E-state index is 0.0195.